The number of nitrogens with zero attached hydrogens (tertiary/aromatic N) is 1. The maximum absolute atomic E-state index is 4.36. The summed E-state index contributed by atoms with van der Waals surface area (Å²) >= 11 is 3.55. The first kappa shape index (κ1) is 8.38. The Morgan fingerprint density at radius 1 is 0.786 bits per heavy atom. The summed E-state index contributed by atoms with van der Waals surface area (Å²) in [5.41, 5.74) is 0. The van der Waals surface area contributed by atoms with Gasteiger partial charge in [0, 0.05) is 20.9 Å². The maximum atomic E-state index is 4.36. The molecule has 3 heteroatoms. The number of hydrogen-bond acceptors (Lipinski definition) is 3. The van der Waals surface area contributed by atoms with Crippen LogP contribution in [0.2, 0.25) is 0 Å². The van der Waals surface area contributed by atoms with Gasteiger partial charge in [0.15, 0.2) is 0 Å². The molecule has 68 valence electrons. The van der Waals surface area contributed by atoms with Crippen molar-refractivity contribution in [2.24, 2.45) is 0 Å². The van der Waals surface area contributed by atoms with Crippen LogP contribution in [0.4, 0.5) is 0 Å². The van der Waals surface area contributed by atoms with Crippen LogP contribution in [0.3, 0.4) is 0 Å². The number of rotatable bonds is 0. The zero-order chi connectivity index (χ0) is 9.38. The van der Waals surface area contributed by atoms with Gasteiger partial charge in [-0.3, -0.25) is 0 Å². The summed E-state index contributed by atoms with van der Waals surface area (Å²) in [6, 6.07) is 12.6. The molecule has 1 aliphatic heterocycles. The fourth-order valence-corrected chi connectivity index (χ4v) is 3.52. The Balaban J connectivity index is 2.12. The van der Waals surface area contributed by atoms with Gasteiger partial charge in [-0.25, -0.2) is 4.98 Å². The van der Waals surface area contributed by atoms with Crippen LogP contribution in [-0.2, 0) is 0 Å². The van der Waals surface area contributed by atoms with Crippen molar-refractivity contribution in [1.82, 2.24) is 4.98 Å². The monoisotopic (exact) mass is 217 g/mol. The van der Waals surface area contributed by atoms with Crippen LogP contribution in [0.1, 0.15) is 0 Å². The van der Waals surface area contributed by atoms with Crippen LogP contribution in [0.5, 0.6) is 0 Å². The summed E-state index contributed by atoms with van der Waals surface area (Å²) in [6.07, 6.45) is 1.85. The highest BCUT2D eigenvalue weighted by molar-refractivity contribution is 8.05. The van der Waals surface area contributed by atoms with E-state index in [0.717, 1.165) is 5.03 Å². The molecule has 1 aromatic heterocycles. The van der Waals surface area contributed by atoms with E-state index in [9.17, 15) is 0 Å². The third kappa shape index (κ3) is 1.33. The number of pyridine rings is 1. The summed E-state index contributed by atoms with van der Waals surface area (Å²) in [6.45, 7) is 0. The molecule has 1 aliphatic rings. The number of aromatic nitrogens is 1. The molecular weight excluding hydrogens is 210 g/mol. The van der Waals surface area contributed by atoms with E-state index < -0.39 is 0 Å². The van der Waals surface area contributed by atoms with Gasteiger partial charge in [0.25, 0.3) is 0 Å². The van der Waals surface area contributed by atoms with Gasteiger partial charge in [-0.1, -0.05) is 35.7 Å². The van der Waals surface area contributed by atoms with Crippen LogP contribution in [0.15, 0.2) is 62.3 Å². The van der Waals surface area contributed by atoms with Crippen molar-refractivity contribution in [3.63, 3.8) is 0 Å². The molecule has 14 heavy (non-hydrogen) atoms. The van der Waals surface area contributed by atoms with E-state index in [4.69, 9.17) is 0 Å². The van der Waals surface area contributed by atoms with E-state index in [-0.39, 0.29) is 0 Å². The van der Waals surface area contributed by atoms with Gasteiger partial charge < -0.3 is 0 Å². The topological polar surface area (TPSA) is 12.9 Å². The second-order valence-electron chi connectivity index (χ2n) is 2.96. The lowest BCUT2D eigenvalue weighted by Crippen LogP contribution is -1.90. The molecule has 0 N–H and O–H groups in total. The molecule has 0 amide bonds. The summed E-state index contributed by atoms with van der Waals surface area (Å²) in [5.74, 6) is 0. The van der Waals surface area contributed by atoms with Crippen LogP contribution >= 0.6 is 23.5 Å². The number of hydrogen-bond donors (Lipinski definition) is 0. The summed E-state index contributed by atoms with van der Waals surface area (Å²) in [7, 11) is 0. The molecular formula is C11H7NS2. The Morgan fingerprint density at radius 2 is 1.50 bits per heavy atom. The first-order valence-electron chi connectivity index (χ1n) is 4.33. The van der Waals surface area contributed by atoms with Crippen LogP contribution in [-0.4, -0.2) is 4.98 Å². The normalized spacial score (nSPS) is 13.1. The minimum absolute atomic E-state index is 1.12. The Morgan fingerprint density at radius 3 is 2.36 bits per heavy atom. The molecule has 3 rings (SSSR count). The Kier molecular flexibility index (Phi) is 2.00. The molecule has 1 nitrogen and oxygen atoms in total. The van der Waals surface area contributed by atoms with Crippen LogP contribution in [0, 0.1) is 0 Å². The van der Waals surface area contributed by atoms with Crippen molar-refractivity contribution >= 4 is 23.5 Å². The zero-order valence-corrected chi connectivity index (χ0v) is 8.94. The largest absolute Gasteiger partial charge is 0.248 e. The van der Waals surface area contributed by atoms with E-state index in [1.165, 1.54) is 14.7 Å². The van der Waals surface area contributed by atoms with E-state index in [0.29, 0.717) is 0 Å². The second kappa shape index (κ2) is 3.33. The Labute approximate surface area is 90.9 Å². The van der Waals surface area contributed by atoms with Gasteiger partial charge in [0.05, 0.1) is 0 Å². The average Bonchev–Trinajstić information content (AvgIpc) is 2.26. The third-order valence-electron chi connectivity index (χ3n) is 2.01. The molecule has 2 heterocycles. The van der Waals surface area contributed by atoms with Crippen molar-refractivity contribution in [3.8, 4) is 0 Å². The fourth-order valence-electron chi connectivity index (χ4n) is 1.37. The molecule has 0 bridgehead atoms. The quantitative estimate of drug-likeness (QED) is 0.570. The predicted octanol–water partition coefficient (Wildman–Crippen LogP) is 3.70. The highest BCUT2D eigenvalue weighted by atomic mass is 32.2. The maximum Gasteiger partial charge on any atom is 0.115 e. The molecule has 0 aliphatic carbocycles. The van der Waals surface area contributed by atoms with Crippen molar-refractivity contribution in [3.05, 3.63) is 42.6 Å². The number of benzene rings is 1. The zero-order valence-electron chi connectivity index (χ0n) is 7.31. The van der Waals surface area contributed by atoms with Crippen molar-refractivity contribution in [1.29, 1.82) is 0 Å². The fraction of sp³-hybridized carbons (Fsp3) is 0. The highest BCUT2D eigenvalue weighted by Gasteiger charge is 2.16. The van der Waals surface area contributed by atoms with Gasteiger partial charge in [0.1, 0.15) is 5.03 Å². The highest BCUT2D eigenvalue weighted by Crippen LogP contribution is 2.46. The third-order valence-corrected chi connectivity index (χ3v) is 4.49. The van der Waals surface area contributed by atoms with Gasteiger partial charge in [-0.2, -0.15) is 0 Å². The summed E-state index contributed by atoms with van der Waals surface area (Å²) < 4.78 is 0. The molecule has 1 aromatic carbocycles. The first-order valence-corrected chi connectivity index (χ1v) is 5.96. The lowest BCUT2D eigenvalue weighted by molar-refractivity contribution is 1.01. The van der Waals surface area contributed by atoms with Gasteiger partial charge >= 0.3 is 0 Å². The number of fused-ring (bicyclic) bond motifs is 2. The smallest absolute Gasteiger partial charge is 0.115 e. The molecule has 0 atom stereocenters. The van der Waals surface area contributed by atoms with Crippen molar-refractivity contribution in [2.75, 3.05) is 0 Å². The van der Waals surface area contributed by atoms with E-state index in [1.54, 1.807) is 23.5 Å². The van der Waals surface area contributed by atoms with Crippen LogP contribution in [0.25, 0.3) is 0 Å². The predicted molar refractivity (Wildman–Crippen MR) is 58.9 cm³/mol. The summed E-state index contributed by atoms with van der Waals surface area (Å²) in [4.78, 5) is 8.26. The second-order valence-corrected chi connectivity index (χ2v) is 5.07. The SMILES string of the molecule is c1ccc2c(c1)Sc1cccnc1S2. The molecule has 2 aromatic rings. The van der Waals surface area contributed by atoms with Crippen molar-refractivity contribution in [2.45, 2.75) is 19.7 Å². The first-order chi connectivity index (χ1) is 6.93. The molecule has 0 saturated heterocycles. The molecule has 0 spiro atoms. The van der Waals surface area contributed by atoms with Gasteiger partial charge in [0.2, 0.25) is 0 Å². The van der Waals surface area contributed by atoms with Gasteiger partial charge in [-0.15, -0.1) is 0 Å². The Bertz CT molecular complexity index is 395. The minimum atomic E-state index is 1.12. The van der Waals surface area contributed by atoms with Crippen molar-refractivity contribution < 1.29 is 0 Å². The minimum Gasteiger partial charge on any atom is -0.248 e. The molecule has 0 fully saturated rings. The van der Waals surface area contributed by atoms with E-state index in [2.05, 4.69) is 35.3 Å². The average molecular weight is 217 g/mol. The molecule has 0 radical (unpaired) electrons. The molecule has 0 saturated carbocycles. The lowest BCUT2D eigenvalue weighted by Gasteiger charge is -2.16. The summed E-state index contributed by atoms with van der Waals surface area (Å²) in [5, 5.41) is 1.12. The molecule has 0 unspecified atom stereocenters. The lowest BCUT2D eigenvalue weighted by atomic mass is 10.4. The van der Waals surface area contributed by atoms with E-state index in [1.807, 2.05) is 12.3 Å². The Hall–Kier alpha value is -0.930. The van der Waals surface area contributed by atoms with Crippen LogP contribution < -0.4 is 0 Å². The standard InChI is InChI=1S/C11H7NS2/c1-2-5-9-8(4-1)13-10-6-3-7-12-11(10)14-9/h1-7H. The van der Waals surface area contributed by atoms with E-state index >= 15 is 0 Å². The van der Waals surface area contributed by atoms with Gasteiger partial charge in [-0.05, 0) is 24.3 Å².